The molecule has 3 heteroatoms. The molecule has 0 aliphatic rings. The molecule has 0 fully saturated rings. The van der Waals surface area contributed by atoms with Crippen molar-refractivity contribution >= 4 is 0 Å². The number of rotatable bonds is 5. The van der Waals surface area contributed by atoms with Gasteiger partial charge in [-0.3, -0.25) is 0 Å². The molecule has 96 valence electrons. The van der Waals surface area contributed by atoms with Crippen molar-refractivity contribution in [3.63, 3.8) is 0 Å². The Kier molecular flexibility index (Phi) is 4.15. The van der Waals surface area contributed by atoms with Crippen LogP contribution >= 0.6 is 0 Å². The van der Waals surface area contributed by atoms with E-state index in [4.69, 9.17) is 0 Å². The minimum absolute atomic E-state index is 0.259. The maximum absolute atomic E-state index is 4.37. The number of imidazole rings is 1. The van der Waals surface area contributed by atoms with E-state index < -0.39 is 0 Å². The highest BCUT2D eigenvalue weighted by atomic mass is 15.1. The summed E-state index contributed by atoms with van der Waals surface area (Å²) in [4.78, 5) is 4.37. The molecular weight excluding hydrogens is 222 g/mol. The van der Waals surface area contributed by atoms with Crippen LogP contribution in [0.1, 0.15) is 36.8 Å². The molecule has 2 rings (SSSR count). The van der Waals surface area contributed by atoms with Crippen molar-refractivity contribution in [3.8, 4) is 0 Å². The van der Waals surface area contributed by atoms with Gasteiger partial charge in [-0.1, -0.05) is 31.2 Å². The number of aryl methyl sites for hydroxylation is 2. The molecule has 0 amide bonds. The molecule has 1 aromatic carbocycles. The van der Waals surface area contributed by atoms with Crippen LogP contribution in [0.5, 0.6) is 0 Å². The molecule has 1 atom stereocenters. The second kappa shape index (κ2) is 5.83. The van der Waals surface area contributed by atoms with Gasteiger partial charge in [0.1, 0.15) is 5.82 Å². The number of nitrogens with zero attached hydrogens (tertiary/aromatic N) is 2. The highest BCUT2D eigenvalue weighted by Crippen LogP contribution is 2.13. The zero-order valence-electron chi connectivity index (χ0n) is 11.4. The Bertz CT molecular complexity index is 502. The molecule has 1 N–H and O–H groups in total. The fraction of sp³-hybridized carbons (Fsp3) is 0.400. The first-order valence-electron chi connectivity index (χ1n) is 6.49. The summed E-state index contributed by atoms with van der Waals surface area (Å²) in [6.07, 6.45) is 4.90. The Hall–Kier alpha value is -1.61. The summed E-state index contributed by atoms with van der Waals surface area (Å²) in [5.74, 6) is 1.07. The maximum atomic E-state index is 4.37. The molecule has 0 saturated carbocycles. The molecule has 0 radical (unpaired) electrons. The van der Waals surface area contributed by atoms with E-state index >= 15 is 0 Å². The van der Waals surface area contributed by atoms with Crippen LogP contribution in [0.25, 0.3) is 0 Å². The van der Waals surface area contributed by atoms with Crippen molar-refractivity contribution in [2.24, 2.45) is 7.05 Å². The lowest BCUT2D eigenvalue weighted by atomic mass is 10.1. The fourth-order valence-corrected chi connectivity index (χ4v) is 2.22. The summed E-state index contributed by atoms with van der Waals surface area (Å²) in [6, 6.07) is 8.85. The number of benzene rings is 1. The first-order chi connectivity index (χ1) is 8.72. The van der Waals surface area contributed by atoms with E-state index in [-0.39, 0.29) is 6.04 Å². The van der Waals surface area contributed by atoms with E-state index in [1.807, 2.05) is 19.4 Å². The van der Waals surface area contributed by atoms with E-state index in [1.54, 1.807) is 0 Å². The number of hydrogen-bond acceptors (Lipinski definition) is 2. The first kappa shape index (κ1) is 12.8. The quantitative estimate of drug-likeness (QED) is 0.875. The van der Waals surface area contributed by atoms with Gasteiger partial charge in [0, 0.05) is 26.0 Å². The zero-order valence-corrected chi connectivity index (χ0v) is 11.4. The van der Waals surface area contributed by atoms with Crippen molar-refractivity contribution < 1.29 is 0 Å². The van der Waals surface area contributed by atoms with Crippen LogP contribution in [-0.4, -0.2) is 9.55 Å². The third-order valence-electron chi connectivity index (χ3n) is 3.34. The van der Waals surface area contributed by atoms with Gasteiger partial charge in [-0.2, -0.15) is 0 Å². The van der Waals surface area contributed by atoms with Crippen molar-refractivity contribution in [1.29, 1.82) is 0 Å². The highest BCUT2D eigenvalue weighted by Gasteiger charge is 2.10. The standard InChI is InChI=1S/C15H21N3/c1-4-13-7-5-6-8-14(13)11-17-12(2)15-16-9-10-18(15)3/h5-10,12,17H,4,11H2,1-3H3. The van der Waals surface area contributed by atoms with Gasteiger partial charge in [0.2, 0.25) is 0 Å². The Balaban J connectivity index is 2.01. The summed E-state index contributed by atoms with van der Waals surface area (Å²) in [5, 5.41) is 3.53. The zero-order chi connectivity index (χ0) is 13.0. The van der Waals surface area contributed by atoms with E-state index in [1.165, 1.54) is 11.1 Å². The molecule has 0 bridgehead atoms. The Labute approximate surface area is 109 Å². The number of aromatic nitrogens is 2. The van der Waals surface area contributed by atoms with Crippen LogP contribution < -0.4 is 5.32 Å². The number of hydrogen-bond donors (Lipinski definition) is 1. The van der Waals surface area contributed by atoms with Gasteiger partial charge < -0.3 is 9.88 Å². The van der Waals surface area contributed by atoms with Crippen LogP contribution in [0, 0.1) is 0 Å². The topological polar surface area (TPSA) is 29.9 Å². The van der Waals surface area contributed by atoms with Crippen LogP contribution in [0.3, 0.4) is 0 Å². The summed E-state index contributed by atoms with van der Waals surface area (Å²) in [5.41, 5.74) is 2.79. The van der Waals surface area contributed by atoms with Gasteiger partial charge in [-0.05, 0) is 24.5 Å². The Morgan fingerprint density at radius 1 is 1.28 bits per heavy atom. The largest absolute Gasteiger partial charge is 0.337 e. The van der Waals surface area contributed by atoms with Crippen LogP contribution in [-0.2, 0) is 20.0 Å². The average molecular weight is 243 g/mol. The van der Waals surface area contributed by atoms with Gasteiger partial charge in [0.05, 0.1) is 6.04 Å². The minimum atomic E-state index is 0.259. The lowest BCUT2D eigenvalue weighted by Gasteiger charge is -2.15. The molecule has 0 saturated heterocycles. The van der Waals surface area contributed by atoms with Crippen molar-refractivity contribution in [3.05, 3.63) is 53.6 Å². The van der Waals surface area contributed by atoms with Gasteiger partial charge in [-0.25, -0.2) is 4.98 Å². The smallest absolute Gasteiger partial charge is 0.125 e. The first-order valence-corrected chi connectivity index (χ1v) is 6.49. The molecular formula is C15H21N3. The van der Waals surface area contributed by atoms with E-state index in [9.17, 15) is 0 Å². The van der Waals surface area contributed by atoms with Gasteiger partial charge in [0.25, 0.3) is 0 Å². The van der Waals surface area contributed by atoms with Crippen molar-refractivity contribution in [2.75, 3.05) is 0 Å². The van der Waals surface area contributed by atoms with Crippen LogP contribution in [0.4, 0.5) is 0 Å². The third kappa shape index (κ3) is 2.79. The van der Waals surface area contributed by atoms with Gasteiger partial charge >= 0.3 is 0 Å². The Morgan fingerprint density at radius 3 is 2.61 bits per heavy atom. The van der Waals surface area contributed by atoms with Crippen LogP contribution in [0.2, 0.25) is 0 Å². The summed E-state index contributed by atoms with van der Waals surface area (Å²) < 4.78 is 2.06. The lowest BCUT2D eigenvalue weighted by molar-refractivity contribution is 0.528. The van der Waals surface area contributed by atoms with E-state index in [2.05, 4.69) is 53.0 Å². The highest BCUT2D eigenvalue weighted by molar-refractivity contribution is 5.26. The molecule has 3 nitrogen and oxygen atoms in total. The molecule has 2 aromatic rings. The molecule has 1 heterocycles. The normalized spacial score (nSPS) is 12.6. The SMILES string of the molecule is CCc1ccccc1CNC(C)c1nccn1C. The summed E-state index contributed by atoms with van der Waals surface area (Å²) in [6.45, 7) is 5.23. The fourth-order valence-electron chi connectivity index (χ4n) is 2.22. The molecule has 0 spiro atoms. The lowest BCUT2D eigenvalue weighted by Crippen LogP contribution is -2.21. The second-order valence-electron chi connectivity index (χ2n) is 4.62. The average Bonchev–Trinajstić information content (AvgIpc) is 2.82. The summed E-state index contributed by atoms with van der Waals surface area (Å²) in [7, 11) is 2.03. The van der Waals surface area contributed by atoms with Crippen LogP contribution in [0.15, 0.2) is 36.7 Å². The predicted molar refractivity (Wildman–Crippen MR) is 74.3 cm³/mol. The molecule has 18 heavy (non-hydrogen) atoms. The minimum Gasteiger partial charge on any atom is -0.337 e. The molecule has 1 unspecified atom stereocenters. The molecule has 0 aliphatic carbocycles. The Morgan fingerprint density at radius 2 is 2.00 bits per heavy atom. The molecule has 1 aromatic heterocycles. The second-order valence-corrected chi connectivity index (χ2v) is 4.62. The van der Waals surface area contributed by atoms with Gasteiger partial charge in [0.15, 0.2) is 0 Å². The maximum Gasteiger partial charge on any atom is 0.125 e. The van der Waals surface area contributed by atoms with Crippen molar-refractivity contribution in [2.45, 2.75) is 32.9 Å². The molecule has 0 aliphatic heterocycles. The monoisotopic (exact) mass is 243 g/mol. The number of nitrogens with one attached hydrogen (secondary N) is 1. The van der Waals surface area contributed by atoms with Gasteiger partial charge in [-0.15, -0.1) is 0 Å². The summed E-state index contributed by atoms with van der Waals surface area (Å²) >= 11 is 0. The predicted octanol–water partition coefficient (Wildman–Crippen LogP) is 2.83. The van der Waals surface area contributed by atoms with E-state index in [0.29, 0.717) is 0 Å². The van der Waals surface area contributed by atoms with E-state index in [0.717, 1.165) is 18.8 Å². The third-order valence-corrected chi connectivity index (χ3v) is 3.34. The van der Waals surface area contributed by atoms with Crippen molar-refractivity contribution in [1.82, 2.24) is 14.9 Å².